The molecule has 18 heavy (non-hydrogen) atoms. The first kappa shape index (κ1) is 15.5. The Balaban J connectivity index is 2.60. The van der Waals surface area contributed by atoms with Crippen LogP contribution in [0, 0.1) is 0 Å². The van der Waals surface area contributed by atoms with Gasteiger partial charge in [0.05, 0.1) is 13.2 Å². The second-order valence-corrected chi connectivity index (χ2v) is 6.56. The number of thiocarbonyl (C=S) groups is 1. The van der Waals surface area contributed by atoms with Crippen molar-refractivity contribution in [2.75, 3.05) is 13.2 Å². The number of rotatable bonds is 8. The van der Waals surface area contributed by atoms with Crippen molar-refractivity contribution in [3.8, 4) is 0 Å². The van der Waals surface area contributed by atoms with Crippen LogP contribution in [0.3, 0.4) is 0 Å². The zero-order valence-electron chi connectivity index (χ0n) is 10.8. The first-order valence-electron chi connectivity index (χ1n) is 6.08. The molecule has 0 aliphatic rings. The Bertz CT molecular complexity index is 410. The van der Waals surface area contributed by atoms with Crippen LogP contribution in [-0.2, 0) is 20.0 Å². The van der Waals surface area contributed by atoms with E-state index in [1.807, 2.05) is 30.3 Å². The molecule has 0 saturated heterocycles. The van der Waals surface area contributed by atoms with E-state index in [9.17, 15) is 4.57 Å². The monoisotopic (exact) mass is 286 g/mol. The van der Waals surface area contributed by atoms with E-state index in [0.717, 1.165) is 6.42 Å². The molecule has 0 fully saturated rings. The molecule has 1 rings (SSSR count). The molecule has 0 aromatic heterocycles. The Hall–Kier alpha value is -0.540. The summed E-state index contributed by atoms with van der Waals surface area (Å²) in [7, 11) is -3.22. The van der Waals surface area contributed by atoms with Gasteiger partial charge in [0.2, 0.25) is 0 Å². The Morgan fingerprint density at radius 3 is 2.22 bits per heavy atom. The zero-order chi connectivity index (χ0) is 13.4. The molecule has 0 N–H and O–H groups in total. The highest BCUT2D eigenvalue weighted by Gasteiger charge is 2.29. The van der Waals surface area contributed by atoms with Gasteiger partial charge in [0.15, 0.2) is 0 Å². The molecule has 0 spiro atoms. The molecule has 0 aliphatic carbocycles. The third-order valence-corrected chi connectivity index (χ3v) is 5.28. The summed E-state index contributed by atoms with van der Waals surface area (Å²) in [6.07, 6.45) is 1.29. The fourth-order valence-electron chi connectivity index (χ4n) is 1.55. The molecule has 0 heterocycles. The van der Waals surface area contributed by atoms with E-state index in [1.54, 1.807) is 13.8 Å². The fraction of sp³-hybridized carbons (Fsp3) is 0.462. The Morgan fingerprint density at radius 1 is 1.17 bits per heavy atom. The summed E-state index contributed by atoms with van der Waals surface area (Å²) < 4.78 is 23.2. The van der Waals surface area contributed by atoms with Gasteiger partial charge in [-0.3, -0.25) is 4.57 Å². The third-order valence-electron chi connectivity index (χ3n) is 2.37. The van der Waals surface area contributed by atoms with Crippen molar-refractivity contribution in [3.63, 3.8) is 0 Å². The van der Waals surface area contributed by atoms with Crippen LogP contribution in [0.2, 0.25) is 0 Å². The third kappa shape index (κ3) is 4.62. The molecule has 1 aromatic rings. The van der Waals surface area contributed by atoms with E-state index >= 15 is 0 Å². The molecule has 0 saturated carbocycles. The Morgan fingerprint density at radius 2 is 1.72 bits per heavy atom. The Labute approximate surface area is 114 Å². The van der Waals surface area contributed by atoms with Gasteiger partial charge in [0.1, 0.15) is 4.61 Å². The van der Waals surface area contributed by atoms with Crippen LogP contribution in [0.1, 0.15) is 25.8 Å². The van der Waals surface area contributed by atoms with E-state index in [2.05, 4.69) is 0 Å². The molecule has 3 nitrogen and oxygen atoms in total. The van der Waals surface area contributed by atoms with Gasteiger partial charge in [-0.1, -0.05) is 42.5 Å². The Kier molecular flexibility index (Phi) is 6.72. The number of hydrogen-bond donors (Lipinski definition) is 0. The molecular weight excluding hydrogens is 267 g/mol. The van der Waals surface area contributed by atoms with Gasteiger partial charge in [0.25, 0.3) is 0 Å². The summed E-state index contributed by atoms with van der Waals surface area (Å²) >= 11 is 5.21. The van der Waals surface area contributed by atoms with Crippen LogP contribution < -0.4 is 0 Å². The highest BCUT2D eigenvalue weighted by Crippen LogP contribution is 2.51. The first-order chi connectivity index (χ1) is 8.62. The van der Waals surface area contributed by atoms with Gasteiger partial charge in [-0.2, -0.15) is 0 Å². The smallest absolute Gasteiger partial charge is 0.305 e. The number of benzene rings is 1. The zero-order valence-corrected chi connectivity index (χ0v) is 12.5. The standard InChI is InChI=1S/C13H19O3PS/c1-3-15-17(14,16-4-2)13(18)11-10-12-8-6-5-7-9-12/h5-9H,3-4,10-11H2,1-2H3. The molecule has 0 aliphatic heterocycles. The van der Waals surface area contributed by atoms with Crippen LogP contribution in [0.15, 0.2) is 30.3 Å². The van der Waals surface area contributed by atoms with Crippen molar-refractivity contribution in [1.29, 1.82) is 0 Å². The van der Waals surface area contributed by atoms with Crippen LogP contribution in [0.25, 0.3) is 0 Å². The highest BCUT2D eigenvalue weighted by molar-refractivity contribution is 7.97. The molecule has 5 heteroatoms. The SMILES string of the molecule is CCOP(=O)(OCC)C(=S)CCc1ccccc1. The summed E-state index contributed by atoms with van der Waals surface area (Å²) in [5.41, 5.74) is 1.17. The molecule has 100 valence electrons. The summed E-state index contributed by atoms with van der Waals surface area (Å²) in [6, 6.07) is 9.96. The molecule has 0 amide bonds. The topological polar surface area (TPSA) is 35.5 Å². The largest absolute Gasteiger partial charge is 0.367 e. The molecule has 0 atom stereocenters. The minimum atomic E-state index is -3.22. The number of aryl methyl sites for hydroxylation is 1. The second-order valence-electron chi connectivity index (χ2n) is 3.71. The molecule has 0 radical (unpaired) electrons. The van der Waals surface area contributed by atoms with Gasteiger partial charge >= 0.3 is 7.60 Å². The minimum absolute atomic E-state index is 0.336. The van der Waals surface area contributed by atoms with Gasteiger partial charge in [0, 0.05) is 0 Å². The van der Waals surface area contributed by atoms with E-state index < -0.39 is 7.60 Å². The predicted molar refractivity (Wildman–Crippen MR) is 78.2 cm³/mol. The average Bonchev–Trinajstić information content (AvgIpc) is 2.37. The quantitative estimate of drug-likeness (QED) is 0.529. The fourth-order valence-corrected chi connectivity index (χ4v) is 3.40. The normalized spacial score (nSPS) is 11.4. The molecule has 0 unspecified atom stereocenters. The minimum Gasteiger partial charge on any atom is -0.305 e. The lowest BCUT2D eigenvalue weighted by Crippen LogP contribution is -2.06. The highest BCUT2D eigenvalue weighted by atomic mass is 32.1. The second kappa shape index (κ2) is 7.80. The van der Waals surface area contributed by atoms with Crippen LogP contribution >= 0.6 is 19.8 Å². The predicted octanol–water partition coefficient (Wildman–Crippen LogP) is 4.21. The van der Waals surface area contributed by atoms with Crippen molar-refractivity contribution in [2.24, 2.45) is 0 Å². The summed E-state index contributed by atoms with van der Waals surface area (Å²) in [5, 5.41) is 0. The van der Waals surface area contributed by atoms with E-state index in [1.165, 1.54) is 5.56 Å². The summed E-state index contributed by atoms with van der Waals surface area (Å²) in [5.74, 6) is 0. The lowest BCUT2D eigenvalue weighted by molar-refractivity contribution is 0.232. The van der Waals surface area contributed by atoms with Crippen LogP contribution in [0.4, 0.5) is 0 Å². The van der Waals surface area contributed by atoms with Crippen LogP contribution in [0.5, 0.6) is 0 Å². The van der Waals surface area contributed by atoms with E-state index in [4.69, 9.17) is 21.3 Å². The molecule has 1 aromatic carbocycles. The van der Waals surface area contributed by atoms with Crippen molar-refractivity contribution in [3.05, 3.63) is 35.9 Å². The molecule has 0 bridgehead atoms. The van der Waals surface area contributed by atoms with Gasteiger partial charge in [-0.05, 0) is 32.3 Å². The lowest BCUT2D eigenvalue weighted by Gasteiger charge is -2.17. The van der Waals surface area contributed by atoms with Gasteiger partial charge in [-0.15, -0.1) is 0 Å². The maximum absolute atomic E-state index is 12.3. The van der Waals surface area contributed by atoms with E-state index in [-0.39, 0.29) is 0 Å². The lowest BCUT2D eigenvalue weighted by atomic mass is 10.1. The van der Waals surface area contributed by atoms with Crippen molar-refractivity contribution >= 4 is 24.4 Å². The summed E-state index contributed by atoms with van der Waals surface area (Å²) in [6.45, 7) is 4.24. The first-order valence-corrected chi connectivity index (χ1v) is 8.04. The average molecular weight is 286 g/mol. The van der Waals surface area contributed by atoms with Crippen molar-refractivity contribution < 1.29 is 13.6 Å². The summed E-state index contributed by atoms with van der Waals surface area (Å²) in [4.78, 5) is 0. The maximum Gasteiger partial charge on any atom is 0.367 e. The van der Waals surface area contributed by atoms with Crippen molar-refractivity contribution in [2.45, 2.75) is 26.7 Å². The van der Waals surface area contributed by atoms with Gasteiger partial charge in [-0.25, -0.2) is 0 Å². The maximum atomic E-state index is 12.3. The van der Waals surface area contributed by atoms with Crippen molar-refractivity contribution in [1.82, 2.24) is 0 Å². The van der Waals surface area contributed by atoms with Gasteiger partial charge < -0.3 is 9.05 Å². The number of hydrogen-bond acceptors (Lipinski definition) is 4. The van der Waals surface area contributed by atoms with E-state index in [0.29, 0.717) is 24.2 Å². The molecular formula is C13H19O3PS. The van der Waals surface area contributed by atoms with Crippen LogP contribution in [-0.4, -0.2) is 17.8 Å².